The molecule has 8 nitrogen and oxygen atoms in total. The van der Waals surface area contributed by atoms with E-state index in [-0.39, 0.29) is 11.7 Å². The summed E-state index contributed by atoms with van der Waals surface area (Å²) in [5, 5.41) is 9.56. The third-order valence-corrected chi connectivity index (χ3v) is 2.89. The minimum absolute atomic E-state index is 0.0833. The fourth-order valence-corrected chi connectivity index (χ4v) is 1.88. The van der Waals surface area contributed by atoms with E-state index in [1.54, 1.807) is 0 Å². The van der Waals surface area contributed by atoms with Gasteiger partial charge in [-0.25, -0.2) is 4.98 Å². The quantitative estimate of drug-likeness (QED) is 0.590. The molecule has 2 rings (SSSR count). The van der Waals surface area contributed by atoms with Gasteiger partial charge in [0.15, 0.2) is 0 Å². The molecule has 2 amide bonds. The Balaban J connectivity index is 2.17. The average molecular weight is 252 g/mol. The summed E-state index contributed by atoms with van der Waals surface area (Å²) in [5.41, 5.74) is 5.28. The highest BCUT2D eigenvalue weighted by Crippen LogP contribution is 2.08. The smallest absolute Gasteiger partial charge is 0.294 e. The fourth-order valence-electron chi connectivity index (χ4n) is 1.88. The van der Waals surface area contributed by atoms with Crippen LogP contribution in [0.2, 0.25) is 0 Å². The van der Waals surface area contributed by atoms with Gasteiger partial charge in [-0.15, -0.1) is 5.10 Å². The molecule has 98 valence electrons. The Morgan fingerprint density at radius 1 is 1.56 bits per heavy atom. The molecule has 1 aliphatic heterocycles. The van der Waals surface area contributed by atoms with Crippen LogP contribution in [0, 0.1) is 0 Å². The number of nitrogens with two attached hydrogens (primary N) is 1. The predicted molar refractivity (Wildman–Crippen MR) is 62.6 cm³/mol. The molecule has 1 unspecified atom stereocenters. The number of H-pyrrole nitrogens is 1. The Labute approximate surface area is 104 Å². The maximum absolute atomic E-state index is 12.2. The molecule has 1 aliphatic rings. The van der Waals surface area contributed by atoms with Crippen LogP contribution in [0.4, 0.5) is 0 Å². The number of aromatic amines is 1. The molecule has 0 aromatic carbocycles. The first-order chi connectivity index (χ1) is 8.63. The van der Waals surface area contributed by atoms with E-state index in [0.717, 1.165) is 0 Å². The number of rotatable bonds is 3. The van der Waals surface area contributed by atoms with Crippen LogP contribution in [0.3, 0.4) is 0 Å². The molecule has 2 heterocycles. The normalized spacial score (nSPS) is 19.8. The van der Waals surface area contributed by atoms with Gasteiger partial charge >= 0.3 is 0 Å². The van der Waals surface area contributed by atoms with Crippen molar-refractivity contribution in [1.29, 1.82) is 0 Å². The van der Waals surface area contributed by atoms with E-state index in [1.807, 2.05) is 6.92 Å². The molecule has 0 spiro atoms. The lowest BCUT2D eigenvalue weighted by atomic mass is 10.2. The van der Waals surface area contributed by atoms with Crippen LogP contribution in [0.25, 0.3) is 0 Å². The van der Waals surface area contributed by atoms with Gasteiger partial charge in [0, 0.05) is 26.1 Å². The van der Waals surface area contributed by atoms with Gasteiger partial charge in [0.1, 0.15) is 11.9 Å². The summed E-state index contributed by atoms with van der Waals surface area (Å²) in [6, 6.07) is -0.644. The van der Waals surface area contributed by atoms with E-state index >= 15 is 0 Å². The van der Waals surface area contributed by atoms with E-state index in [2.05, 4.69) is 20.5 Å². The van der Waals surface area contributed by atoms with Crippen molar-refractivity contribution in [3.05, 3.63) is 11.6 Å². The van der Waals surface area contributed by atoms with Gasteiger partial charge in [0.2, 0.25) is 11.7 Å². The molecule has 4 N–H and O–H groups in total. The van der Waals surface area contributed by atoms with E-state index in [0.29, 0.717) is 31.9 Å². The van der Waals surface area contributed by atoms with E-state index < -0.39 is 11.9 Å². The zero-order valence-electron chi connectivity index (χ0n) is 10.1. The Hall–Kier alpha value is -1.96. The van der Waals surface area contributed by atoms with Gasteiger partial charge in [0.25, 0.3) is 5.91 Å². The summed E-state index contributed by atoms with van der Waals surface area (Å²) >= 11 is 0. The minimum Gasteiger partial charge on any atom is -0.368 e. The van der Waals surface area contributed by atoms with Crippen LogP contribution >= 0.6 is 0 Å². The maximum Gasteiger partial charge on any atom is 0.294 e. The molecule has 18 heavy (non-hydrogen) atoms. The first kappa shape index (κ1) is 12.5. The standard InChI is InChI=1S/C10H16N6O2/c1-2-7-13-9(15-14-7)10(18)16-4-3-12-5-6(16)8(11)17/h6,12H,2-5H2,1H3,(H2,11,17)(H,13,14,15). The SMILES string of the molecule is CCc1nc(C(=O)N2CCNCC2C(N)=O)n[nH]1. The average Bonchev–Trinajstić information content (AvgIpc) is 2.86. The molecule has 1 fully saturated rings. The van der Waals surface area contributed by atoms with Crippen LogP contribution in [-0.2, 0) is 11.2 Å². The molecule has 1 saturated heterocycles. The number of aromatic nitrogens is 3. The lowest BCUT2D eigenvalue weighted by Crippen LogP contribution is -2.58. The molecule has 1 atom stereocenters. The van der Waals surface area contributed by atoms with Gasteiger partial charge in [-0.1, -0.05) is 6.92 Å². The molecule has 8 heteroatoms. The number of amides is 2. The Kier molecular flexibility index (Phi) is 3.56. The number of hydrogen-bond donors (Lipinski definition) is 3. The molecule has 0 bridgehead atoms. The number of piperazine rings is 1. The van der Waals surface area contributed by atoms with Gasteiger partial charge < -0.3 is 16.0 Å². The van der Waals surface area contributed by atoms with Crippen molar-refractivity contribution in [1.82, 2.24) is 25.4 Å². The van der Waals surface area contributed by atoms with Crippen LogP contribution in [0.1, 0.15) is 23.4 Å². The second-order valence-electron chi connectivity index (χ2n) is 4.08. The summed E-state index contributed by atoms with van der Waals surface area (Å²) in [6.45, 7) is 3.32. The second-order valence-corrected chi connectivity index (χ2v) is 4.08. The van der Waals surface area contributed by atoms with E-state index in [4.69, 9.17) is 5.73 Å². The van der Waals surface area contributed by atoms with Gasteiger partial charge in [0.05, 0.1) is 0 Å². The first-order valence-corrected chi connectivity index (χ1v) is 5.85. The highest BCUT2D eigenvalue weighted by atomic mass is 16.2. The molecular weight excluding hydrogens is 236 g/mol. The molecule has 0 saturated carbocycles. The molecule has 1 aromatic heterocycles. The molecule has 0 aliphatic carbocycles. The fraction of sp³-hybridized carbons (Fsp3) is 0.600. The Bertz CT molecular complexity index is 457. The molecular formula is C10H16N6O2. The number of carbonyl (C=O) groups excluding carboxylic acids is 2. The largest absolute Gasteiger partial charge is 0.368 e. The van der Waals surface area contributed by atoms with Gasteiger partial charge in [-0.05, 0) is 0 Å². The van der Waals surface area contributed by atoms with Crippen molar-refractivity contribution in [3.63, 3.8) is 0 Å². The van der Waals surface area contributed by atoms with Crippen LogP contribution < -0.4 is 11.1 Å². The predicted octanol–water partition coefficient (Wildman–Crippen LogP) is -1.73. The number of nitrogens with zero attached hydrogens (tertiary/aromatic N) is 3. The lowest BCUT2D eigenvalue weighted by Gasteiger charge is -2.33. The second kappa shape index (κ2) is 5.13. The number of nitrogens with one attached hydrogen (secondary N) is 2. The maximum atomic E-state index is 12.2. The van der Waals surface area contributed by atoms with Crippen molar-refractivity contribution in [2.45, 2.75) is 19.4 Å². The van der Waals surface area contributed by atoms with Crippen molar-refractivity contribution < 1.29 is 9.59 Å². The summed E-state index contributed by atoms with van der Waals surface area (Å²) in [4.78, 5) is 29.0. The summed E-state index contributed by atoms with van der Waals surface area (Å²) in [7, 11) is 0. The van der Waals surface area contributed by atoms with Crippen LogP contribution in [-0.4, -0.2) is 57.6 Å². The zero-order valence-corrected chi connectivity index (χ0v) is 10.1. The van der Waals surface area contributed by atoms with Gasteiger partial charge in [-0.3, -0.25) is 14.7 Å². The third kappa shape index (κ3) is 2.33. The van der Waals surface area contributed by atoms with Crippen LogP contribution in [0.5, 0.6) is 0 Å². The van der Waals surface area contributed by atoms with Crippen molar-refractivity contribution >= 4 is 11.8 Å². The van der Waals surface area contributed by atoms with E-state index in [1.165, 1.54) is 4.90 Å². The number of carbonyl (C=O) groups is 2. The first-order valence-electron chi connectivity index (χ1n) is 5.85. The number of aryl methyl sites for hydroxylation is 1. The highest BCUT2D eigenvalue weighted by molar-refractivity contribution is 5.94. The Morgan fingerprint density at radius 2 is 2.33 bits per heavy atom. The summed E-state index contributed by atoms with van der Waals surface area (Å²) in [5.74, 6) is -0.165. The highest BCUT2D eigenvalue weighted by Gasteiger charge is 2.32. The third-order valence-electron chi connectivity index (χ3n) is 2.89. The van der Waals surface area contributed by atoms with Crippen molar-refractivity contribution in [2.75, 3.05) is 19.6 Å². The monoisotopic (exact) mass is 252 g/mol. The lowest BCUT2D eigenvalue weighted by molar-refractivity contribution is -0.122. The van der Waals surface area contributed by atoms with Crippen LogP contribution in [0.15, 0.2) is 0 Å². The minimum atomic E-state index is -0.644. The zero-order chi connectivity index (χ0) is 13.1. The van der Waals surface area contributed by atoms with Gasteiger partial charge in [-0.2, -0.15) is 0 Å². The molecule has 0 radical (unpaired) electrons. The van der Waals surface area contributed by atoms with Crippen molar-refractivity contribution in [3.8, 4) is 0 Å². The molecule has 1 aromatic rings. The Morgan fingerprint density at radius 3 is 2.94 bits per heavy atom. The van der Waals surface area contributed by atoms with E-state index in [9.17, 15) is 9.59 Å². The van der Waals surface area contributed by atoms with Crippen molar-refractivity contribution in [2.24, 2.45) is 5.73 Å². The number of hydrogen-bond acceptors (Lipinski definition) is 5. The summed E-state index contributed by atoms with van der Waals surface area (Å²) < 4.78 is 0. The number of primary amides is 1. The topological polar surface area (TPSA) is 117 Å². The summed E-state index contributed by atoms with van der Waals surface area (Å²) in [6.07, 6.45) is 0.668.